The smallest absolute Gasteiger partial charge is 0.220 e. The second-order valence-corrected chi connectivity index (χ2v) is 7.09. The average molecular weight is 273 g/mol. The fraction of sp³-hybridized carbons (Fsp3) is 0.933. The summed E-state index contributed by atoms with van der Waals surface area (Å²) in [5.74, 6) is 0.360. The van der Waals surface area contributed by atoms with Gasteiger partial charge in [0.15, 0.2) is 0 Å². The zero-order valence-electron chi connectivity index (χ0n) is 13.4. The number of rotatable bonds is 8. The van der Waals surface area contributed by atoms with Crippen molar-refractivity contribution in [2.45, 2.75) is 59.5 Å². The van der Waals surface area contributed by atoms with Crippen LogP contribution in [0.4, 0.5) is 0 Å². The Balaban J connectivity index is 3.98. The molecule has 0 spiro atoms. The lowest BCUT2D eigenvalue weighted by Gasteiger charge is -2.25. The second kappa shape index (κ2) is 7.85. The van der Waals surface area contributed by atoms with Crippen LogP contribution in [0.25, 0.3) is 0 Å². The van der Waals surface area contributed by atoms with Crippen molar-refractivity contribution in [1.29, 1.82) is 0 Å². The Morgan fingerprint density at radius 2 is 1.89 bits per heavy atom. The van der Waals surface area contributed by atoms with Crippen LogP contribution in [-0.4, -0.2) is 36.9 Å². The summed E-state index contributed by atoms with van der Waals surface area (Å²) in [6, 6.07) is 0. The summed E-state index contributed by atoms with van der Waals surface area (Å²) in [5, 5.41) is 12.8. The number of aliphatic hydroxyl groups is 1. The molecule has 1 amide bonds. The van der Waals surface area contributed by atoms with Crippen molar-refractivity contribution in [3.63, 3.8) is 0 Å². The lowest BCUT2D eigenvalue weighted by Crippen LogP contribution is -2.41. The molecule has 0 saturated heterocycles. The summed E-state index contributed by atoms with van der Waals surface area (Å²) < 4.78 is 4.93. The Morgan fingerprint density at radius 1 is 1.32 bits per heavy atom. The van der Waals surface area contributed by atoms with Gasteiger partial charge in [-0.15, -0.1) is 0 Å². The van der Waals surface area contributed by atoms with Crippen molar-refractivity contribution in [3.05, 3.63) is 0 Å². The first kappa shape index (κ1) is 18.4. The van der Waals surface area contributed by atoms with Gasteiger partial charge in [-0.25, -0.2) is 0 Å². The van der Waals surface area contributed by atoms with Crippen molar-refractivity contribution in [2.75, 3.05) is 20.3 Å². The number of amides is 1. The molecule has 4 heteroatoms. The Kier molecular flexibility index (Phi) is 7.60. The van der Waals surface area contributed by atoms with Crippen molar-refractivity contribution in [2.24, 2.45) is 11.3 Å². The number of carbonyl (C=O) groups is 1. The average Bonchev–Trinajstić information content (AvgIpc) is 2.21. The second-order valence-electron chi connectivity index (χ2n) is 7.09. The minimum atomic E-state index is -0.904. The third-order valence-corrected chi connectivity index (χ3v) is 3.01. The largest absolute Gasteiger partial charge is 0.388 e. The first-order valence-electron chi connectivity index (χ1n) is 7.04. The van der Waals surface area contributed by atoms with E-state index in [2.05, 4.69) is 33.0 Å². The van der Waals surface area contributed by atoms with Crippen LogP contribution in [-0.2, 0) is 9.53 Å². The lowest BCUT2D eigenvalue weighted by atomic mass is 9.84. The molecule has 0 radical (unpaired) electrons. The van der Waals surface area contributed by atoms with Crippen LogP contribution in [0.5, 0.6) is 0 Å². The van der Waals surface area contributed by atoms with Gasteiger partial charge in [0.25, 0.3) is 0 Å². The van der Waals surface area contributed by atoms with Crippen molar-refractivity contribution >= 4 is 5.91 Å². The topological polar surface area (TPSA) is 58.6 Å². The Hall–Kier alpha value is -0.610. The summed E-state index contributed by atoms with van der Waals surface area (Å²) in [6.07, 6.45) is 2.04. The Bertz CT molecular complexity index is 269. The van der Waals surface area contributed by atoms with E-state index in [1.165, 1.54) is 0 Å². The van der Waals surface area contributed by atoms with Crippen LogP contribution in [0.3, 0.4) is 0 Å². The molecule has 0 aliphatic carbocycles. The fourth-order valence-electron chi connectivity index (χ4n) is 2.21. The van der Waals surface area contributed by atoms with Gasteiger partial charge in [0.05, 0.1) is 5.60 Å². The van der Waals surface area contributed by atoms with Gasteiger partial charge in [0.2, 0.25) is 5.91 Å². The standard InChI is InChI=1S/C15H31NO3/c1-12(10-14(2,3)4)9-13(17)16-11-15(5,18)7-8-19-6/h12,18H,7-11H2,1-6H3,(H,16,17). The normalized spacial score (nSPS) is 16.8. The first-order chi connectivity index (χ1) is 8.56. The molecular formula is C15H31NO3. The van der Waals surface area contributed by atoms with E-state index in [9.17, 15) is 9.90 Å². The fourth-order valence-corrected chi connectivity index (χ4v) is 2.21. The predicted octanol–water partition coefficient (Wildman–Crippen LogP) is 2.35. The van der Waals surface area contributed by atoms with E-state index in [4.69, 9.17) is 4.74 Å². The van der Waals surface area contributed by atoms with E-state index >= 15 is 0 Å². The van der Waals surface area contributed by atoms with Gasteiger partial charge in [0.1, 0.15) is 0 Å². The minimum Gasteiger partial charge on any atom is -0.388 e. The molecule has 2 unspecified atom stereocenters. The number of hydrogen-bond donors (Lipinski definition) is 2. The molecular weight excluding hydrogens is 242 g/mol. The number of methoxy groups -OCH3 is 1. The van der Waals surface area contributed by atoms with Crippen molar-refractivity contribution in [3.8, 4) is 0 Å². The maximum absolute atomic E-state index is 11.8. The van der Waals surface area contributed by atoms with Gasteiger partial charge in [-0.2, -0.15) is 0 Å². The lowest BCUT2D eigenvalue weighted by molar-refractivity contribution is -0.123. The summed E-state index contributed by atoms with van der Waals surface area (Å²) >= 11 is 0. The molecule has 0 rings (SSSR count). The van der Waals surface area contributed by atoms with Crippen LogP contribution in [0.15, 0.2) is 0 Å². The monoisotopic (exact) mass is 273 g/mol. The van der Waals surface area contributed by atoms with E-state index in [1.807, 2.05) is 0 Å². The molecule has 19 heavy (non-hydrogen) atoms. The molecule has 0 heterocycles. The van der Waals surface area contributed by atoms with Crippen LogP contribution in [0, 0.1) is 11.3 Å². The Labute approximate surface area is 117 Å². The Morgan fingerprint density at radius 3 is 2.37 bits per heavy atom. The van der Waals surface area contributed by atoms with Crippen LogP contribution >= 0.6 is 0 Å². The molecule has 0 fully saturated rings. The minimum absolute atomic E-state index is 0.00874. The van der Waals surface area contributed by atoms with Crippen LogP contribution in [0.2, 0.25) is 0 Å². The van der Waals surface area contributed by atoms with Gasteiger partial charge in [-0.1, -0.05) is 27.7 Å². The third kappa shape index (κ3) is 11.0. The molecule has 0 saturated carbocycles. The summed E-state index contributed by atoms with van der Waals surface area (Å²) in [7, 11) is 1.60. The van der Waals surface area contributed by atoms with E-state index in [1.54, 1.807) is 14.0 Å². The third-order valence-electron chi connectivity index (χ3n) is 3.01. The van der Waals surface area contributed by atoms with E-state index < -0.39 is 5.60 Å². The summed E-state index contributed by atoms with van der Waals surface area (Å²) in [5.41, 5.74) is -0.664. The summed E-state index contributed by atoms with van der Waals surface area (Å²) in [4.78, 5) is 11.8. The SMILES string of the molecule is COCCC(C)(O)CNC(=O)CC(C)CC(C)(C)C. The molecule has 114 valence electrons. The predicted molar refractivity (Wildman–Crippen MR) is 78.0 cm³/mol. The molecule has 0 bridgehead atoms. The van der Waals surface area contributed by atoms with E-state index in [0.717, 1.165) is 6.42 Å². The molecule has 2 atom stereocenters. The van der Waals surface area contributed by atoms with Gasteiger partial charge >= 0.3 is 0 Å². The molecule has 4 nitrogen and oxygen atoms in total. The van der Waals surface area contributed by atoms with Gasteiger partial charge in [-0.3, -0.25) is 4.79 Å². The van der Waals surface area contributed by atoms with Gasteiger partial charge in [0, 0.05) is 33.1 Å². The van der Waals surface area contributed by atoms with Gasteiger partial charge in [-0.05, 0) is 24.7 Å². The highest BCUT2D eigenvalue weighted by Gasteiger charge is 2.22. The summed E-state index contributed by atoms with van der Waals surface area (Å²) in [6.45, 7) is 11.1. The van der Waals surface area contributed by atoms with E-state index in [0.29, 0.717) is 25.4 Å². The quantitative estimate of drug-likeness (QED) is 0.713. The molecule has 0 aromatic heterocycles. The van der Waals surface area contributed by atoms with E-state index in [-0.39, 0.29) is 17.9 Å². The van der Waals surface area contributed by atoms with Crippen molar-refractivity contribution < 1.29 is 14.6 Å². The number of nitrogens with one attached hydrogen (secondary N) is 1. The van der Waals surface area contributed by atoms with Crippen LogP contribution in [0.1, 0.15) is 53.9 Å². The zero-order valence-corrected chi connectivity index (χ0v) is 13.4. The maximum Gasteiger partial charge on any atom is 0.220 e. The zero-order chi connectivity index (χ0) is 15.1. The molecule has 2 N–H and O–H groups in total. The first-order valence-corrected chi connectivity index (χ1v) is 7.04. The highest BCUT2D eigenvalue weighted by molar-refractivity contribution is 5.76. The number of carbonyl (C=O) groups excluding carboxylic acids is 1. The molecule has 0 aromatic carbocycles. The number of hydrogen-bond acceptors (Lipinski definition) is 3. The van der Waals surface area contributed by atoms with Crippen molar-refractivity contribution in [1.82, 2.24) is 5.32 Å². The molecule has 0 aliphatic heterocycles. The van der Waals surface area contributed by atoms with Gasteiger partial charge < -0.3 is 15.2 Å². The maximum atomic E-state index is 11.8. The number of ether oxygens (including phenoxy) is 1. The van der Waals surface area contributed by atoms with Crippen LogP contribution < -0.4 is 5.32 Å². The molecule has 0 aromatic rings. The highest BCUT2D eigenvalue weighted by atomic mass is 16.5. The molecule has 0 aliphatic rings. The highest BCUT2D eigenvalue weighted by Crippen LogP contribution is 2.25.